The Morgan fingerprint density at radius 3 is 2.54 bits per heavy atom. The number of hydrogen-bond donors (Lipinski definition) is 1. The first kappa shape index (κ1) is 20.2. The summed E-state index contributed by atoms with van der Waals surface area (Å²) >= 11 is 6.77. The number of rotatable bonds is 8. The van der Waals surface area contributed by atoms with Gasteiger partial charge in [0.2, 0.25) is 0 Å². The van der Waals surface area contributed by atoms with Crippen LogP contribution in [0.25, 0.3) is 0 Å². The molecule has 2 rings (SSSR count). The molecule has 0 saturated carbocycles. The molecule has 7 heteroatoms. The van der Waals surface area contributed by atoms with E-state index in [1.54, 1.807) is 24.3 Å². The van der Waals surface area contributed by atoms with Crippen molar-refractivity contribution < 1.29 is 14.3 Å². The van der Waals surface area contributed by atoms with Crippen molar-refractivity contribution >= 4 is 44.0 Å². The van der Waals surface area contributed by atoms with Crippen molar-refractivity contribution in [1.29, 1.82) is 0 Å². The van der Waals surface area contributed by atoms with Gasteiger partial charge in [-0.3, -0.25) is 4.79 Å². The lowest BCUT2D eigenvalue weighted by molar-refractivity contribution is 0.0951. The topological polar surface area (TPSA) is 59.9 Å². The largest absolute Gasteiger partial charge is 0.493 e. The molecule has 5 nitrogen and oxygen atoms in total. The Morgan fingerprint density at radius 2 is 1.85 bits per heavy atom. The van der Waals surface area contributed by atoms with Crippen LogP contribution in [0, 0.1) is 0 Å². The minimum Gasteiger partial charge on any atom is -0.493 e. The fraction of sp³-hybridized carbons (Fsp3) is 0.158. The van der Waals surface area contributed by atoms with Gasteiger partial charge in [-0.2, -0.15) is 5.10 Å². The van der Waals surface area contributed by atoms with Crippen LogP contribution in [0.5, 0.6) is 11.5 Å². The van der Waals surface area contributed by atoms with E-state index in [2.05, 4.69) is 49.0 Å². The van der Waals surface area contributed by atoms with E-state index in [9.17, 15) is 4.79 Å². The van der Waals surface area contributed by atoms with Crippen LogP contribution in [-0.2, 0) is 0 Å². The van der Waals surface area contributed by atoms with Gasteiger partial charge in [0.25, 0.3) is 5.91 Å². The van der Waals surface area contributed by atoms with Gasteiger partial charge in [-0.05, 0) is 43.3 Å². The minimum atomic E-state index is -0.380. The van der Waals surface area contributed by atoms with Gasteiger partial charge >= 0.3 is 0 Å². The van der Waals surface area contributed by atoms with Gasteiger partial charge in [0.15, 0.2) is 0 Å². The summed E-state index contributed by atoms with van der Waals surface area (Å²) in [5.41, 5.74) is 3.64. The number of carbonyl (C=O) groups is 1. The molecule has 0 aliphatic heterocycles. The molecule has 0 heterocycles. The van der Waals surface area contributed by atoms with Gasteiger partial charge in [0, 0.05) is 14.5 Å². The van der Waals surface area contributed by atoms with Crippen LogP contribution >= 0.6 is 31.9 Å². The monoisotopic (exact) mass is 480 g/mol. The van der Waals surface area contributed by atoms with Gasteiger partial charge in [-0.15, -0.1) is 0 Å². The van der Waals surface area contributed by atoms with E-state index < -0.39 is 0 Å². The Morgan fingerprint density at radius 1 is 1.15 bits per heavy atom. The zero-order valence-corrected chi connectivity index (χ0v) is 17.3. The zero-order chi connectivity index (χ0) is 18.9. The molecule has 0 fully saturated rings. The number of nitrogens with one attached hydrogen (secondary N) is 1. The van der Waals surface area contributed by atoms with Crippen molar-refractivity contribution in [3.63, 3.8) is 0 Å². The van der Waals surface area contributed by atoms with E-state index in [-0.39, 0.29) is 5.91 Å². The summed E-state index contributed by atoms with van der Waals surface area (Å²) in [6, 6.07) is 10.8. The minimum absolute atomic E-state index is 0.306. The van der Waals surface area contributed by atoms with Crippen LogP contribution in [0.3, 0.4) is 0 Å². The molecule has 0 unspecified atom stereocenters. The van der Waals surface area contributed by atoms with Crippen LogP contribution in [0.2, 0.25) is 0 Å². The van der Waals surface area contributed by atoms with Crippen LogP contribution < -0.4 is 14.9 Å². The Kier molecular flexibility index (Phi) is 7.87. The maximum Gasteiger partial charge on any atom is 0.275 e. The molecular formula is C19H18Br2N2O3. The lowest BCUT2D eigenvalue weighted by Gasteiger charge is -2.10. The van der Waals surface area contributed by atoms with Gasteiger partial charge in [-0.1, -0.05) is 44.5 Å². The lowest BCUT2D eigenvalue weighted by Crippen LogP contribution is -2.19. The molecule has 2 aromatic rings. The third kappa shape index (κ3) is 5.71. The van der Waals surface area contributed by atoms with Crippen LogP contribution in [-0.4, -0.2) is 25.3 Å². The molecule has 1 N–H and O–H groups in total. The average Bonchev–Trinajstić information content (AvgIpc) is 2.62. The highest BCUT2D eigenvalue weighted by molar-refractivity contribution is 9.10. The normalized spacial score (nSPS) is 10.6. The Balaban J connectivity index is 2.16. The van der Waals surface area contributed by atoms with E-state index in [0.29, 0.717) is 30.3 Å². The summed E-state index contributed by atoms with van der Waals surface area (Å²) in [5.74, 6) is 0.763. The lowest BCUT2D eigenvalue weighted by atomic mass is 10.2. The number of carbonyl (C=O) groups excluding carboxylic acids is 1. The van der Waals surface area contributed by atoms with Crippen LogP contribution in [0.1, 0.15) is 22.8 Å². The van der Waals surface area contributed by atoms with Crippen LogP contribution in [0.4, 0.5) is 0 Å². The van der Waals surface area contributed by atoms with E-state index in [1.165, 1.54) is 6.21 Å². The Hall–Kier alpha value is -2.12. The van der Waals surface area contributed by atoms with E-state index in [1.807, 2.05) is 25.1 Å². The van der Waals surface area contributed by atoms with Crippen molar-refractivity contribution in [3.05, 3.63) is 69.1 Å². The Labute approximate surface area is 169 Å². The van der Waals surface area contributed by atoms with Gasteiger partial charge in [-0.25, -0.2) is 5.43 Å². The molecule has 2 aromatic carbocycles. The van der Waals surface area contributed by atoms with Gasteiger partial charge in [0.1, 0.15) is 18.1 Å². The SMILES string of the molecule is C=CCOc1ccc(Br)cc1C(=O)NN=Cc1cc(Br)ccc1OCC. The highest BCUT2D eigenvalue weighted by Crippen LogP contribution is 2.24. The van der Waals surface area contributed by atoms with E-state index in [4.69, 9.17) is 9.47 Å². The molecule has 0 aliphatic carbocycles. The van der Waals surface area contributed by atoms with E-state index >= 15 is 0 Å². The highest BCUT2D eigenvalue weighted by atomic mass is 79.9. The third-order valence-electron chi connectivity index (χ3n) is 3.18. The van der Waals surface area contributed by atoms with Gasteiger partial charge < -0.3 is 9.47 Å². The first-order valence-corrected chi connectivity index (χ1v) is 9.42. The molecular weight excluding hydrogens is 464 g/mol. The first-order chi connectivity index (χ1) is 12.5. The molecule has 1 amide bonds. The summed E-state index contributed by atoms with van der Waals surface area (Å²) in [5, 5.41) is 4.04. The quantitative estimate of drug-likeness (QED) is 0.330. The second-order valence-electron chi connectivity index (χ2n) is 5.05. The molecule has 0 saturated heterocycles. The molecule has 0 aliphatic rings. The zero-order valence-electron chi connectivity index (χ0n) is 14.2. The Bertz CT molecular complexity index is 822. The predicted molar refractivity (Wildman–Crippen MR) is 110 cm³/mol. The molecule has 0 atom stereocenters. The smallest absolute Gasteiger partial charge is 0.275 e. The predicted octanol–water partition coefficient (Wildman–Crippen LogP) is 4.94. The summed E-state index contributed by atoms with van der Waals surface area (Å²) < 4.78 is 12.7. The number of hydrazone groups is 1. The molecule has 136 valence electrons. The molecule has 0 aromatic heterocycles. The maximum absolute atomic E-state index is 12.5. The van der Waals surface area contributed by atoms with Crippen molar-refractivity contribution in [2.24, 2.45) is 5.10 Å². The third-order valence-corrected chi connectivity index (χ3v) is 4.17. The molecule has 0 bridgehead atoms. The number of nitrogens with zero attached hydrogens (tertiary/aromatic N) is 1. The number of amides is 1. The van der Waals surface area contributed by atoms with Crippen molar-refractivity contribution in [1.82, 2.24) is 5.43 Å². The number of halogens is 2. The number of benzene rings is 2. The average molecular weight is 482 g/mol. The maximum atomic E-state index is 12.5. The van der Waals surface area contributed by atoms with Crippen molar-refractivity contribution in [2.45, 2.75) is 6.92 Å². The fourth-order valence-corrected chi connectivity index (χ4v) is 2.82. The second kappa shape index (κ2) is 10.1. The summed E-state index contributed by atoms with van der Waals surface area (Å²) in [4.78, 5) is 12.5. The summed E-state index contributed by atoms with van der Waals surface area (Å²) in [7, 11) is 0. The summed E-state index contributed by atoms with van der Waals surface area (Å²) in [6.45, 7) is 6.36. The number of ether oxygens (including phenoxy) is 2. The van der Waals surface area contributed by atoms with Crippen LogP contribution in [0.15, 0.2) is 63.1 Å². The standard InChI is InChI=1S/C19H18Br2N2O3/c1-3-9-26-18-8-6-15(21)11-16(18)19(24)23-22-12-13-10-14(20)5-7-17(13)25-4-2/h3,5-8,10-12H,1,4,9H2,2H3,(H,23,24). The van der Waals surface area contributed by atoms with Crippen molar-refractivity contribution in [2.75, 3.05) is 13.2 Å². The molecule has 0 spiro atoms. The van der Waals surface area contributed by atoms with Gasteiger partial charge in [0.05, 0.1) is 18.4 Å². The first-order valence-electron chi connectivity index (χ1n) is 7.84. The molecule has 26 heavy (non-hydrogen) atoms. The fourth-order valence-electron chi connectivity index (χ4n) is 2.08. The summed E-state index contributed by atoms with van der Waals surface area (Å²) in [6.07, 6.45) is 3.15. The highest BCUT2D eigenvalue weighted by Gasteiger charge is 2.13. The van der Waals surface area contributed by atoms with Crippen molar-refractivity contribution in [3.8, 4) is 11.5 Å². The number of hydrogen-bond acceptors (Lipinski definition) is 4. The second-order valence-corrected chi connectivity index (χ2v) is 6.89. The molecule has 0 radical (unpaired) electrons. The van der Waals surface area contributed by atoms with E-state index in [0.717, 1.165) is 14.5 Å².